The quantitative estimate of drug-likeness (QED) is 0.679. The number of hydrogen-bond acceptors (Lipinski definition) is 5. The number of nitrogens with one attached hydrogen (secondary N) is 1. The van der Waals surface area contributed by atoms with Gasteiger partial charge in [-0.25, -0.2) is 16.8 Å². The summed E-state index contributed by atoms with van der Waals surface area (Å²) in [5.74, 6) is 0.280. The first-order chi connectivity index (χ1) is 11.8. The van der Waals surface area contributed by atoms with Gasteiger partial charge in [-0.1, -0.05) is 19.9 Å². The van der Waals surface area contributed by atoms with Crippen molar-refractivity contribution in [1.82, 2.24) is 13.9 Å². The minimum atomic E-state index is -3.69. The Morgan fingerprint density at radius 1 is 1.15 bits per heavy atom. The molecule has 1 atom stereocenters. The van der Waals surface area contributed by atoms with Crippen molar-refractivity contribution >= 4 is 32.5 Å². The van der Waals surface area contributed by atoms with E-state index in [0.717, 1.165) is 13.0 Å². The van der Waals surface area contributed by atoms with E-state index in [9.17, 15) is 16.8 Å². The second-order valence-corrected chi connectivity index (χ2v) is 10.0. The van der Waals surface area contributed by atoms with Crippen LogP contribution in [0.1, 0.15) is 20.3 Å². The van der Waals surface area contributed by atoms with E-state index in [1.54, 1.807) is 13.8 Å². The van der Waals surface area contributed by atoms with Crippen molar-refractivity contribution in [2.24, 2.45) is 5.92 Å². The lowest BCUT2D eigenvalue weighted by Crippen LogP contribution is -2.32. The second kappa shape index (κ2) is 9.48. The van der Waals surface area contributed by atoms with Crippen molar-refractivity contribution < 1.29 is 16.8 Å². The number of rotatable bonds is 8. The maximum Gasteiger partial charge on any atom is 0.243 e. The van der Waals surface area contributed by atoms with Crippen LogP contribution in [0.15, 0.2) is 34.1 Å². The molecule has 1 saturated heterocycles. The van der Waals surface area contributed by atoms with E-state index in [1.807, 2.05) is 7.05 Å². The molecule has 1 unspecified atom stereocenters. The van der Waals surface area contributed by atoms with E-state index in [1.165, 1.54) is 32.9 Å². The summed E-state index contributed by atoms with van der Waals surface area (Å²) < 4.78 is 53.8. The maximum atomic E-state index is 12.9. The molecule has 0 aromatic heterocycles. The Morgan fingerprint density at radius 3 is 2.35 bits per heavy atom. The molecule has 1 aliphatic rings. The van der Waals surface area contributed by atoms with E-state index in [0.29, 0.717) is 26.2 Å². The van der Waals surface area contributed by atoms with Gasteiger partial charge in [0.15, 0.2) is 0 Å². The van der Waals surface area contributed by atoms with Gasteiger partial charge in [0.25, 0.3) is 0 Å². The molecule has 1 aromatic rings. The zero-order valence-corrected chi connectivity index (χ0v) is 17.8. The van der Waals surface area contributed by atoms with Crippen LogP contribution in [0.5, 0.6) is 0 Å². The Hall–Kier alpha value is -0.710. The van der Waals surface area contributed by atoms with Crippen LogP contribution >= 0.6 is 12.4 Å². The smallest absolute Gasteiger partial charge is 0.243 e. The van der Waals surface area contributed by atoms with Crippen LogP contribution in [-0.2, 0) is 20.0 Å². The number of nitrogens with zero attached hydrogens (tertiary/aromatic N) is 2. The zero-order chi connectivity index (χ0) is 18.7. The molecule has 1 aromatic carbocycles. The van der Waals surface area contributed by atoms with Gasteiger partial charge >= 0.3 is 0 Å². The normalized spacial score (nSPS) is 18.8. The summed E-state index contributed by atoms with van der Waals surface area (Å²) in [6, 6.07) is 5.67. The van der Waals surface area contributed by atoms with E-state index in [-0.39, 0.29) is 28.1 Å². The summed E-state index contributed by atoms with van der Waals surface area (Å²) in [5.41, 5.74) is 0. The molecule has 26 heavy (non-hydrogen) atoms. The molecule has 1 heterocycles. The van der Waals surface area contributed by atoms with Crippen molar-refractivity contribution in [2.45, 2.75) is 30.1 Å². The van der Waals surface area contributed by atoms with Gasteiger partial charge in [0.05, 0.1) is 9.79 Å². The molecule has 0 amide bonds. The Labute approximate surface area is 163 Å². The van der Waals surface area contributed by atoms with Gasteiger partial charge in [0, 0.05) is 26.2 Å². The van der Waals surface area contributed by atoms with Crippen LogP contribution in [-0.4, -0.2) is 65.2 Å². The minimum absolute atomic E-state index is 0. The third-order valence-electron chi connectivity index (χ3n) is 4.53. The fraction of sp³-hybridized carbons (Fsp3) is 0.625. The highest BCUT2D eigenvalue weighted by Gasteiger charge is 2.33. The molecule has 1 fully saturated rings. The highest BCUT2D eigenvalue weighted by molar-refractivity contribution is 7.90. The number of benzene rings is 1. The van der Waals surface area contributed by atoms with E-state index < -0.39 is 20.0 Å². The Bertz CT molecular complexity index is 795. The topological polar surface area (TPSA) is 86.8 Å². The van der Waals surface area contributed by atoms with Crippen LogP contribution in [0.25, 0.3) is 0 Å². The number of sulfonamides is 2. The van der Waals surface area contributed by atoms with Gasteiger partial charge in [-0.2, -0.15) is 8.61 Å². The Kier molecular flexibility index (Phi) is 8.50. The summed E-state index contributed by atoms with van der Waals surface area (Å²) in [5, 5.41) is 3.07. The highest BCUT2D eigenvalue weighted by Crippen LogP contribution is 2.26. The van der Waals surface area contributed by atoms with Crippen LogP contribution < -0.4 is 5.32 Å². The fourth-order valence-corrected chi connectivity index (χ4v) is 6.28. The predicted octanol–water partition coefficient (Wildman–Crippen LogP) is 1.37. The molecule has 1 N–H and O–H groups in total. The molecule has 0 radical (unpaired) electrons. The van der Waals surface area contributed by atoms with Crippen molar-refractivity contribution in [3.63, 3.8) is 0 Å². The number of hydrogen-bond donors (Lipinski definition) is 1. The maximum absolute atomic E-state index is 12.9. The average molecular weight is 426 g/mol. The van der Waals surface area contributed by atoms with Crippen LogP contribution in [0.3, 0.4) is 0 Å². The molecule has 10 heteroatoms. The van der Waals surface area contributed by atoms with Crippen molar-refractivity contribution in [3.8, 4) is 0 Å². The van der Waals surface area contributed by atoms with E-state index >= 15 is 0 Å². The summed E-state index contributed by atoms with van der Waals surface area (Å²) in [4.78, 5) is 0.0501. The molecule has 2 rings (SSSR count). The van der Waals surface area contributed by atoms with Crippen LogP contribution in [0, 0.1) is 5.92 Å². The molecule has 0 aliphatic carbocycles. The predicted molar refractivity (Wildman–Crippen MR) is 105 cm³/mol. The molecule has 1 aliphatic heterocycles. The fourth-order valence-electron chi connectivity index (χ4n) is 3.13. The Morgan fingerprint density at radius 2 is 1.77 bits per heavy atom. The standard InChI is InChI=1S/C16H27N3O4S2.ClH/c1-4-18(5-2)24(20,21)15-7-6-8-16(11-15)25(22,23)19-10-9-14(13-19)12-17-3;/h6-8,11,14,17H,4-5,9-10,12-13H2,1-3H3;1H. The zero-order valence-electron chi connectivity index (χ0n) is 15.4. The van der Waals surface area contributed by atoms with Gasteiger partial charge < -0.3 is 5.32 Å². The van der Waals surface area contributed by atoms with Gasteiger partial charge in [0.1, 0.15) is 0 Å². The van der Waals surface area contributed by atoms with Gasteiger partial charge in [-0.15, -0.1) is 12.4 Å². The third kappa shape index (κ3) is 4.76. The minimum Gasteiger partial charge on any atom is -0.319 e. The lowest BCUT2D eigenvalue weighted by Gasteiger charge is -2.20. The SMILES string of the molecule is CCN(CC)S(=O)(=O)c1cccc(S(=O)(=O)N2CCC(CNC)C2)c1.Cl. The summed E-state index contributed by atoms with van der Waals surface area (Å²) in [6.07, 6.45) is 0.803. The first-order valence-electron chi connectivity index (χ1n) is 8.52. The van der Waals surface area contributed by atoms with Crippen molar-refractivity contribution in [3.05, 3.63) is 24.3 Å². The second-order valence-electron chi connectivity index (χ2n) is 6.14. The molecular formula is C16H28ClN3O4S2. The molecule has 7 nitrogen and oxygen atoms in total. The first kappa shape index (κ1) is 23.3. The van der Waals surface area contributed by atoms with Gasteiger partial charge in [0.2, 0.25) is 20.0 Å². The van der Waals surface area contributed by atoms with Crippen LogP contribution in [0.4, 0.5) is 0 Å². The monoisotopic (exact) mass is 425 g/mol. The average Bonchev–Trinajstić information content (AvgIpc) is 3.06. The summed E-state index contributed by atoms with van der Waals surface area (Å²) >= 11 is 0. The lowest BCUT2D eigenvalue weighted by molar-refractivity contribution is 0.444. The molecule has 0 saturated carbocycles. The molecule has 150 valence electrons. The summed E-state index contributed by atoms with van der Waals surface area (Å²) in [6.45, 7) is 5.88. The van der Waals surface area contributed by atoms with Gasteiger partial charge in [-0.3, -0.25) is 0 Å². The Balaban J connectivity index is 0.00000338. The molecule has 0 spiro atoms. The van der Waals surface area contributed by atoms with Crippen molar-refractivity contribution in [2.75, 3.05) is 39.8 Å². The lowest BCUT2D eigenvalue weighted by atomic mass is 10.1. The van der Waals surface area contributed by atoms with Crippen LogP contribution in [0.2, 0.25) is 0 Å². The van der Waals surface area contributed by atoms with Gasteiger partial charge in [-0.05, 0) is 44.1 Å². The molecule has 0 bridgehead atoms. The third-order valence-corrected chi connectivity index (χ3v) is 8.43. The van der Waals surface area contributed by atoms with E-state index in [2.05, 4.69) is 5.32 Å². The first-order valence-corrected chi connectivity index (χ1v) is 11.4. The number of halogens is 1. The van der Waals surface area contributed by atoms with Crippen molar-refractivity contribution in [1.29, 1.82) is 0 Å². The summed E-state index contributed by atoms with van der Waals surface area (Å²) in [7, 11) is -5.53. The highest BCUT2D eigenvalue weighted by atomic mass is 35.5. The van der Waals surface area contributed by atoms with E-state index in [4.69, 9.17) is 0 Å². The molecular weight excluding hydrogens is 398 g/mol. The largest absolute Gasteiger partial charge is 0.319 e.